The molecule has 4 heteroatoms. The van der Waals surface area contributed by atoms with Gasteiger partial charge in [-0.25, -0.2) is 0 Å². The first-order valence-electron chi connectivity index (χ1n) is 5.12. The molecule has 2 N–H and O–H groups in total. The summed E-state index contributed by atoms with van der Waals surface area (Å²) in [4.78, 5) is 2.23. The second kappa shape index (κ2) is 6.95. The molecule has 4 nitrogen and oxygen atoms in total. The van der Waals surface area contributed by atoms with Crippen LogP contribution in [0.3, 0.4) is 0 Å². The van der Waals surface area contributed by atoms with Crippen LogP contribution < -0.4 is 5.32 Å². The highest BCUT2D eigenvalue weighted by atomic mass is 16.5. The van der Waals surface area contributed by atoms with Crippen LogP contribution in [0.5, 0.6) is 0 Å². The SMILES string of the molecule is C=CCNCC(O)CN1CCOCC1. The second-order valence-corrected chi connectivity index (χ2v) is 3.51. The highest BCUT2D eigenvalue weighted by Crippen LogP contribution is 1.97. The van der Waals surface area contributed by atoms with E-state index in [0.29, 0.717) is 6.54 Å². The minimum atomic E-state index is -0.298. The maximum absolute atomic E-state index is 9.65. The molecule has 0 radical (unpaired) electrons. The van der Waals surface area contributed by atoms with E-state index < -0.39 is 0 Å². The second-order valence-electron chi connectivity index (χ2n) is 3.51. The van der Waals surface area contributed by atoms with E-state index >= 15 is 0 Å². The summed E-state index contributed by atoms with van der Waals surface area (Å²) in [5.74, 6) is 0. The Morgan fingerprint density at radius 1 is 1.50 bits per heavy atom. The Kier molecular flexibility index (Phi) is 5.78. The third-order valence-electron chi connectivity index (χ3n) is 2.24. The van der Waals surface area contributed by atoms with Crippen LogP contribution in [0.15, 0.2) is 12.7 Å². The number of β-amino-alcohol motifs (C(OH)–C–C–N with tert-alkyl or cyclic N) is 1. The number of aliphatic hydroxyl groups is 1. The molecular formula is C10H20N2O2. The minimum absolute atomic E-state index is 0.298. The normalized spacial score (nSPS) is 20.6. The van der Waals surface area contributed by atoms with E-state index in [-0.39, 0.29) is 6.10 Å². The zero-order chi connectivity index (χ0) is 10.2. The van der Waals surface area contributed by atoms with Crippen molar-refractivity contribution in [1.82, 2.24) is 10.2 Å². The smallest absolute Gasteiger partial charge is 0.0791 e. The van der Waals surface area contributed by atoms with Crippen molar-refractivity contribution >= 4 is 0 Å². The molecule has 1 heterocycles. The van der Waals surface area contributed by atoms with Gasteiger partial charge in [-0.15, -0.1) is 6.58 Å². The van der Waals surface area contributed by atoms with Crippen LogP contribution in [0.25, 0.3) is 0 Å². The molecule has 1 fully saturated rings. The molecule has 1 aliphatic heterocycles. The molecule has 1 saturated heterocycles. The van der Waals surface area contributed by atoms with Crippen LogP contribution in [-0.4, -0.2) is 62.0 Å². The molecule has 0 aromatic carbocycles. The molecule has 14 heavy (non-hydrogen) atoms. The van der Waals surface area contributed by atoms with Crippen LogP contribution in [0.2, 0.25) is 0 Å². The van der Waals surface area contributed by atoms with Gasteiger partial charge in [0.25, 0.3) is 0 Å². The molecule has 1 unspecified atom stereocenters. The van der Waals surface area contributed by atoms with E-state index in [1.165, 1.54) is 0 Å². The topological polar surface area (TPSA) is 44.7 Å². The number of rotatable bonds is 6. The Balaban J connectivity index is 2.05. The number of hydrogen-bond donors (Lipinski definition) is 2. The molecule has 82 valence electrons. The summed E-state index contributed by atoms with van der Waals surface area (Å²) in [6.07, 6.45) is 1.50. The first-order chi connectivity index (χ1) is 6.83. The van der Waals surface area contributed by atoms with Gasteiger partial charge in [0.05, 0.1) is 19.3 Å². The summed E-state index contributed by atoms with van der Waals surface area (Å²) < 4.78 is 5.23. The predicted octanol–water partition coefficient (Wildman–Crippen LogP) is -0.545. The van der Waals surface area contributed by atoms with Gasteiger partial charge in [-0.3, -0.25) is 4.90 Å². The quantitative estimate of drug-likeness (QED) is 0.446. The highest BCUT2D eigenvalue weighted by molar-refractivity contribution is 4.73. The van der Waals surface area contributed by atoms with Gasteiger partial charge in [0.1, 0.15) is 0 Å². The number of hydrogen-bond acceptors (Lipinski definition) is 4. The van der Waals surface area contributed by atoms with E-state index in [2.05, 4.69) is 16.8 Å². The first kappa shape index (κ1) is 11.7. The molecule has 0 amide bonds. The number of nitrogens with one attached hydrogen (secondary N) is 1. The van der Waals surface area contributed by atoms with Gasteiger partial charge in [-0.1, -0.05) is 6.08 Å². The Morgan fingerprint density at radius 3 is 2.86 bits per heavy atom. The molecule has 0 aliphatic carbocycles. The number of ether oxygens (including phenoxy) is 1. The van der Waals surface area contributed by atoms with E-state index in [1.54, 1.807) is 6.08 Å². The van der Waals surface area contributed by atoms with Gasteiger partial charge in [0, 0.05) is 32.7 Å². The molecule has 1 rings (SSSR count). The van der Waals surface area contributed by atoms with Crippen molar-refractivity contribution < 1.29 is 9.84 Å². The molecule has 0 spiro atoms. The van der Waals surface area contributed by atoms with Crippen LogP contribution >= 0.6 is 0 Å². The summed E-state index contributed by atoms with van der Waals surface area (Å²) in [7, 11) is 0. The molecule has 0 saturated carbocycles. The number of nitrogens with zero attached hydrogens (tertiary/aromatic N) is 1. The molecule has 0 bridgehead atoms. The average Bonchev–Trinajstić information content (AvgIpc) is 2.20. The van der Waals surface area contributed by atoms with Crippen molar-refractivity contribution in [2.24, 2.45) is 0 Å². The van der Waals surface area contributed by atoms with Crippen LogP contribution in [0, 0.1) is 0 Å². The predicted molar refractivity (Wildman–Crippen MR) is 56.3 cm³/mol. The third-order valence-corrected chi connectivity index (χ3v) is 2.24. The lowest BCUT2D eigenvalue weighted by atomic mass is 10.3. The zero-order valence-corrected chi connectivity index (χ0v) is 8.61. The van der Waals surface area contributed by atoms with Crippen molar-refractivity contribution in [3.05, 3.63) is 12.7 Å². The number of morpholine rings is 1. The summed E-state index contributed by atoms with van der Waals surface area (Å²) >= 11 is 0. The Bertz CT molecular complexity index is 158. The summed E-state index contributed by atoms with van der Waals surface area (Å²) in [6.45, 7) is 9.14. The van der Waals surface area contributed by atoms with Crippen molar-refractivity contribution in [2.45, 2.75) is 6.10 Å². The Labute approximate surface area is 85.5 Å². The van der Waals surface area contributed by atoms with Crippen LogP contribution in [-0.2, 0) is 4.74 Å². The van der Waals surface area contributed by atoms with Crippen LogP contribution in [0.4, 0.5) is 0 Å². The largest absolute Gasteiger partial charge is 0.390 e. The van der Waals surface area contributed by atoms with E-state index in [9.17, 15) is 5.11 Å². The van der Waals surface area contributed by atoms with Crippen LogP contribution in [0.1, 0.15) is 0 Å². The monoisotopic (exact) mass is 200 g/mol. The Morgan fingerprint density at radius 2 is 2.21 bits per heavy atom. The van der Waals surface area contributed by atoms with Crippen molar-refractivity contribution in [2.75, 3.05) is 45.9 Å². The maximum atomic E-state index is 9.65. The van der Waals surface area contributed by atoms with Gasteiger partial charge < -0.3 is 15.2 Å². The molecule has 1 atom stereocenters. The van der Waals surface area contributed by atoms with Gasteiger partial charge in [-0.05, 0) is 0 Å². The average molecular weight is 200 g/mol. The van der Waals surface area contributed by atoms with E-state index in [1.807, 2.05) is 0 Å². The van der Waals surface area contributed by atoms with E-state index in [0.717, 1.165) is 39.4 Å². The molecule has 0 aromatic heterocycles. The lowest BCUT2D eigenvalue weighted by Crippen LogP contribution is -2.43. The van der Waals surface area contributed by atoms with Crippen molar-refractivity contribution in [3.8, 4) is 0 Å². The maximum Gasteiger partial charge on any atom is 0.0791 e. The summed E-state index contributed by atoms with van der Waals surface area (Å²) in [5, 5.41) is 12.7. The highest BCUT2D eigenvalue weighted by Gasteiger charge is 2.13. The van der Waals surface area contributed by atoms with Crippen molar-refractivity contribution in [3.63, 3.8) is 0 Å². The minimum Gasteiger partial charge on any atom is -0.390 e. The summed E-state index contributed by atoms with van der Waals surface area (Å²) in [6, 6.07) is 0. The standard InChI is InChI=1S/C10H20N2O2/c1-2-3-11-8-10(13)9-12-4-6-14-7-5-12/h2,10-11,13H,1,3-9H2. The van der Waals surface area contributed by atoms with Gasteiger partial charge in [-0.2, -0.15) is 0 Å². The fraction of sp³-hybridized carbons (Fsp3) is 0.800. The fourth-order valence-corrected chi connectivity index (χ4v) is 1.50. The zero-order valence-electron chi connectivity index (χ0n) is 8.61. The lowest BCUT2D eigenvalue weighted by molar-refractivity contribution is 0.0151. The van der Waals surface area contributed by atoms with Crippen molar-refractivity contribution in [1.29, 1.82) is 0 Å². The van der Waals surface area contributed by atoms with Gasteiger partial charge in [0.15, 0.2) is 0 Å². The molecule has 0 aromatic rings. The number of aliphatic hydroxyl groups excluding tert-OH is 1. The van der Waals surface area contributed by atoms with Gasteiger partial charge >= 0.3 is 0 Å². The molecule has 1 aliphatic rings. The lowest BCUT2D eigenvalue weighted by Gasteiger charge is -2.28. The third kappa shape index (κ3) is 4.72. The van der Waals surface area contributed by atoms with E-state index in [4.69, 9.17) is 4.74 Å². The molecular weight excluding hydrogens is 180 g/mol. The summed E-state index contributed by atoms with van der Waals surface area (Å²) in [5.41, 5.74) is 0. The van der Waals surface area contributed by atoms with Gasteiger partial charge in [0.2, 0.25) is 0 Å². The fourth-order valence-electron chi connectivity index (χ4n) is 1.50. The Hall–Kier alpha value is -0.420. The first-order valence-corrected chi connectivity index (χ1v) is 5.12.